The third kappa shape index (κ3) is 2.44. The van der Waals surface area contributed by atoms with E-state index in [4.69, 9.17) is 5.73 Å². The number of hydrogen-bond donors (Lipinski definition) is 2. The molecule has 0 aliphatic carbocycles. The average molecular weight is 221 g/mol. The number of rotatable bonds is 2. The summed E-state index contributed by atoms with van der Waals surface area (Å²) in [5, 5.41) is 9.52. The van der Waals surface area contributed by atoms with Gasteiger partial charge in [0.05, 0.1) is 18.0 Å². The van der Waals surface area contributed by atoms with Crippen LogP contribution in [0.4, 0.5) is 11.5 Å². The second-order valence-electron chi connectivity index (χ2n) is 4.51. The molecular weight excluding hydrogens is 202 g/mol. The van der Waals surface area contributed by atoms with Gasteiger partial charge in [0.2, 0.25) is 0 Å². The first kappa shape index (κ1) is 11.2. The van der Waals surface area contributed by atoms with Gasteiger partial charge >= 0.3 is 0 Å². The molecular formula is C12H19N3O. The van der Waals surface area contributed by atoms with Crippen LogP contribution in [0.5, 0.6) is 0 Å². The van der Waals surface area contributed by atoms with Crippen molar-refractivity contribution in [2.45, 2.75) is 25.9 Å². The number of pyridine rings is 1. The van der Waals surface area contributed by atoms with E-state index in [0.29, 0.717) is 11.6 Å². The van der Waals surface area contributed by atoms with Gasteiger partial charge < -0.3 is 15.7 Å². The molecule has 3 N–H and O–H groups in total. The molecule has 2 rings (SSSR count). The zero-order valence-electron chi connectivity index (χ0n) is 9.63. The predicted molar refractivity (Wildman–Crippen MR) is 65.3 cm³/mol. The SMILES string of the molecule is CC(O)C1CCN(c2ccc(N)cn2)CC1. The zero-order chi connectivity index (χ0) is 11.5. The Hall–Kier alpha value is -1.29. The molecule has 1 aliphatic rings. The molecule has 0 spiro atoms. The van der Waals surface area contributed by atoms with Gasteiger partial charge in [0, 0.05) is 13.1 Å². The maximum atomic E-state index is 9.52. The second kappa shape index (κ2) is 4.70. The molecule has 2 heterocycles. The van der Waals surface area contributed by atoms with Crippen LogP contribution in [-0.2, 0) is 0 Å². The molecule has 4 heteroatoms. The van der Waals surface area contributed by atoms with Crippen LogP contribution in [0.25, 0.3) is 0 Å². The summed E-state index contributed by atoms with van der Waals surface area (Å²) >= 11 is 0. The molecule has 1 aromatic rings. The van der Waals surface area contributed by atoms with Crippen molar-refractivity contribution in [2.24, 2.45) is 5.92 Å². The summed E-state index contributed by atoms with van der Waals surface area (Å²) in [6.45, 7) is 3.81. The molecule has 4 nitrogen and oxygen atoms in total. The molecule has 0 amide bonds. The van der Waals surface area contributed by atoms with E-state index >= 15 is 0 Å². The van der Waals surface area contributed by atoms with Crippen molar-refractivity contribution >= 4 is 11.5 Å². The second-order valence-corrected chi connectivity index (χ2v) is 4.51. The quantitative estimate of drug-likeness (QED) is 0.789. The summed E-state index contributed by atoms with van der Waals surface area (Å²) in [5.74, 6) is 1.42. The third-order valence-corrected chi connectivity index (χ3v) is 3.32. The van der Waals surface area contributed by atoms with Crippen LogP contribution >= 0.6 is 0 Å². The Morgan fingerprint density at radius 2 is 2.12 bits per heavy atom. The molecule has 1 aromatic heterocycles. The van der Waals surface area contributed by atoms with E-state index in [-0.39, 0.29) is 6.10 Å². The maximum absolute atomic E-state index is 9.52. The molecule has 0 aromatic carbocycles. The van der Waals surface area contributed by atoms with E-state index in [2.05, 4.69) is 9.88 Å². The number of aliphatic hydroxyl groups is 1. The minimum absolute atomic E-state index is 0.193. The fourth-order valence-electron chi connectivity index (χ4n) is 2.20. The van der Waals surface area contributed by atoms with Crippen LogP contribution in [0.2, 0.25) is 0 Å². The minimum Gasteiger partial charge on any atom is -0.397 e. The van der Waals surface area contributed by atoms with Gasteiger partial charge in [-0.15, -0.1) is 0 Å². The summed E-state index contributed by atoms with van der Waals surface area (Å²) in [7, 11) is 0. The first-order valence-corrected chi connectivity index (χ1v) is 5.81. The Balaban J connectivity index is 1.96. The number of hydrogen-bond acceptors (Lipinski definition) is 4. The van der Waals surface area contributed by atoms with Crippen molar-refractivity contribution in [3.63, 3.8) is 0 Å². The topological polar surface area (TPSA) is 62.4 Å². The highest BCUT2D eigenvalue weighted by molar-refractivity contribution is 5.45. The Labute approximate surface area is 96.1 Å². The van der Waals surface area contributed by atoms with E-state index in [1.807, 2.05) is 19.1 Å². The van der Waals surface area contributed by atoms with Gasteiger partial charge in [0.15, 0.2) is 0 Å². The zero-order valence-corrected chi connectivity index (χ0v) is 9.63. The third-order valence-electron chi connectivity index (χ3n) is 3.32. The molecule has 88 valence electrons. The van der Waals surface area contributed by atoms with Crippen molar-refractivity contribution in [3.05, 3.63) is 18.3 Å². The van der Waals surface area contributed by atoms with Gasteiger partial charge in [-0.2, -0.15) is 0 Å². The number of nitrogens with zero attached hydrogens (tertiary/aromatic N) is 2. The van der Waals surface area contributed by atoms with Crippen LogP contribution in [0, 0.1) is 5.92 Å². The standard InChI is InChI=1S/C12H19N3O/c1-9(16)10-4-6-15(7-5-10)12-3-2-11(13)8-14-12/h2-3,8-10,16H,4-7,13H2,1H3. The number of nitrogens with two attached hydrogens (primary N) is 1. The van der Waals surface area contributed by atoms with Crippen molar-refractivity contribution in [2.75, 3.05) is 23.7 Å². The molecule has 0 saturated carbocycles. The normalized spacial score (nSPS) is 19.8. The Morgan fingerprint density at radius 1 is 1.44 bits per heavy atom. The first-order valence-electron chi connectivity index (χ1n) is 5.81. The lowest BCUT2D eigenvalue weighted by Gasteiger charge is -2.34. The van der Waals surface area contributed by atoms with Crippen molar-refractivity contribution in [1.29, 1.82) is 0 Å². The van der Waals surface area contributed by atoms with Crippen LogP contribution in [0.3, 0.4) is 0 Å². The molecule has 1 saturated heterocycles. The van der Waals surface area contributed by atoms with Crippen molar-refractivity contribution < 1.29 is 5.11 Å². The lowest BCUT2D eigenvalue weighted by atomic mass is 9.92. The summed E-state index contributed by atoms with van der Waals surface area (Å²) in [5.41, 5.74) is 6.30. The van der Waals surface area contributed by atoms with E-state index in [0.717, 1.165) is 31.7 Å². The van der Waals surface area contributed by atoms with Crippen molar-refractivity contribution in [1.82, 2.24) is 4.98 Å². The van der Waals surface area contributed by atoms with E-state index in [1.165, 1.54) is 0 Å². The first-order chi connectivity index (χ1) is 7.66. The largest absolute Gasteiger partial charge is 0.397 e. The van der Waals surface area contributed by atoms with Gasteiger partial charge in [-0.3, -0.25) is 0 Å². The van der Waals surface area contributed by atoms with Crippen LogP contribution in [0.1, 0.15) is 19.8 Å². The van der Waals surface area contributed by atoms with Gasteiger partial charge in [-0.25, -0.2) is 4.98 Å². The van der Waals surface area contributed by atoms with Gasteiger partial charge in [-0.05, 0) is 37.8 Å². The summed E-state index contributed by atoms with van der Waals surface area (Å²) in [4.78, 5) is 6.56. The van der Waals surface area contributed by atoms with Gasteiger partial charge in [0.1, 0.15) is 5.82 Å². The fourth-order valence-corrected chi connectivity index (χ4v) is 2.20. The molecule has 0 radical (unpaired) electrons. The molecule has 1 fully saturated rings. The number of nitrogen functional groups attached to an aromatic ring is 1. The van der Waals surface area contributed by atoms with E-state index < -0.39 is 0 Å². The Morgan fingerprint density at radius 3 is 2.62 bits per heavy atom. The van der Waals surface area contributed by atoms with Crippen LogP contribution < -0.4 is 10.6 Å². The molecule has 0 bridgehead atoms. The van der Waals surface area contributed by atoms with Gasteiger partial charge in [0.25, 0.3) is 0 Å². The number of anilines is 2. The molecule has 16 heavy (non-hydrogen) atoms. The van der Waals surface area contributed by atoms with Gasteiger partial charge in [-0.1, -0.05) is 0 Å². The highest BCUT2D eigenvalue weighted by Gasteiger charge is 2.23. The highest BCUT2D eigenvalue weighted by atomic mass is 16.3. The van der Waals surface area contributed by atoms with E-state index in [9.17, 15) is 5.11 Å². The van der Waals surface area contributed by atoms with Crippen molar-refractivity contribution in [3.8, 4) is 0 Å². The Kier molecular flexibility index (Phi) is 3.29. The average Bonchev–Trinajstić information content (AvgIpc) is 2.30. The Bertz CT molecular complexity index is 329. The summed E-state index contributed by atoms with van der Waals surface area (Å²) in [6.07, 6.45) is 3.56. The predicted octanol–water partition coefficient (Wildman–Crippen LogP) is 1.26. The summed E-state index contributed by atoms with van der Waals surface area (Å²) in [6, 6.07) is 3.83. The lowest BCUT2D eigenvalue weighted by Crippen LogP contribution is -2.37. The van der Waals surface area contributed by atoms with Crippen LogP contribution in [-0.4, -0.2) is 29.3 Å². The number of aliphatic hydroxyl groups excluding tert-OH is 1. The minimum atomic E-state index is -0.193. The lowest BCUT2D eigenvalue weighted by molar-refractivity contribution is 0.110. The summed E-state index contributed by atoms with van der Waals surface area (Å²) < 4.78 is 0. The molecule has 1 atom stereocenters. The van der Waals surface area contributed by atoms with E-state index in [1.54, 1.807) is 6.20 Å². The maximum Gasteiger partial charge on any atom is 0.128 e. The molecule has 1 aliphatic heterocycles. The smallest absolute Gasteiger partial charge is 0.128 e. The molecule has 1 unspecified atom stereocenters. The van der Waals surface area contributed by atoms with Crippen LogP contribution in [0.15, 0.2) is 18.3 Å². The fraction of sp³-hybridized carbons (Fsp3) is 0.583. The monoisotopic (exact) mass is 221 g/mol. The number of aromatic nitrogens is 1. The number of piperidine rings is 1. The highest BCUT2D eigenvalue weighted by Crippen LogP contribution is 2.24.